The van der Waals surface area contributed by atoms with E-state index in [1.165, 1.54) is 12.1 Å². The molecular formula is C15H21N5OS. The molecule has 4 rings (SSSR count). The fourth-order valence-electron chi connectivity index (χ4n) is 3.73. The van der Waals surface area contributed by atoms with Crippen LogP contribution in [0.4, 0.5) is 0 Å². The summed E-state index contributed by atoms with van der Waals surface area (Å²) in [5.74, 6) is 0. The van der Waals surface area contributed by atoms with Crippen molar-refractivity contribution < 1.29 is 4.74 Å². The Kier molecular flexibility index (Phi) is 3.71. The first-order chi connectivity index (χ1) is 10.7. The highest BCUT2D eigenvalue weighted by Crippen LogP contribution is 2.39. The molecule has 2 aromatic heterocycles. The van der Waals surface area contributed by atoms with E-state index >= 15 is 0 Å². The normalized spacial score (nSPS) is 29.4. The predicted molar refractivity (Wildman–Crippen MR) is 83.7 cm³/mol. The number of thiazole rings is 1. The summed E-state index contributed by atoms with van der Waals surface area (Å²) in [6.45, 7) is 5.91. The molecule has 7 heteroatoms. The van der Waals surface area contributed by atoms with Gasteiger partial charge in [-0.1, -0.05) is 0 Å². The van der Waals surface area contributed by atoms with Crippen LogP contribution in [0.2, 0.25) is 0 Å². The molecule has 2 aliphatic rings. The number of hydrogen-bond donors (Lipinski definition) is 0. The highest BCUT2D eigenvalue weighted by atomic mass is 32.1. The van der Waals surface area contributed by atoms with Gasteiger partial charge >= 0.3 is 0 Å². The van der Waals surface area contributed by atoms with Crippen molar-refractivity contribution in [3.05, 3.63) is 28.7 Å². The van der Waals surface area contributed by atoms with E-state index < -0.39 is 0 Å². The topological polar surface area (TPSA) is 56.1 Å². The van der Waals surface area contributed by atoms with Crippen LogP contribution >= 0.6 is 11.3 Å². The second-order valence-electron chi connectivity index (χ2n) is 6.43. The van der Waals surface area contributed by atoms with E-state index in [-0.39, 0.29) is 5.60 Å². The fraction of sp³-hybridized carbons (Fsp3) is 0.667. The first-order valence-electron chi connectivity index (χ1n) is 7.84. The van der Waals surface area contributed by atoms with E-state index in [9.17, 15) is 0 Å². The molecule has 118 valence electrons. The molecule has 2 saturated heterocycles. The van der Waals surface area contributed by atoms with Gasteiger partial charge in [-0.15, -0.1) is 21.5 Å². The Morgan fingerprint density at radius 3 is 3.05 bits per heavy atom. The molecule has 0 aromatic carbocycles. The molecule has 0 bridgehead atoms. The number of piperidine rings is 1. The Morgan fingerprint density at radius 1 is 1.41 bits per heavy atom. The third-order valence-electron chi connectivity index (χ3n) is 4.72. The highest BCUT2D eigenvalue weighted by molar-refractivity contribution is 7.09. The summed E-state index contributed by atoms with van der Waals surface area (Å²) in [5, 5.41) is 11.1. The lowest BCUT2D eigenvalue weighted by molar-refractivity contribution is -0.0536. The number of likely N-dealkylation sites (tertiary alicyclic amines) is 1. The number of aryl methyl sites for hydroxylation is 1. The van der Waals surface area contributed by atoms with E-state index in [1.807, 2.05) is 0 Å². The third kappa shape index (κ3) is 2.80. The van der Waals surface area contributed by atoms with E-state index in [0.29, 0.717) is 6.04 Å². The van der Waals surface area contributed by atoms with Gasteiger partial charge in [0.05, 0.1) is 29.0 Å². The summed E-state index contributed by atoms with van der Waals surface area (Å²) in [6, 6.07) is 0.372. The maximum Gasteiger partial charge on any atom is 0.119 e. The SMILES string of the molecule is Cc1nc(CN2CCCC3(CC(n4cnnc4)CO3)C2)cs1. The van der Waals surface area contributed by atoms with Crippen molar-refractivity contribution in [2.24, 2.45) is 0 Å². The molecule has 1 spiro atoms. The van der Waals surface area contributed by atoms with Crippen LogP contribution in [0.15, 0.2) is 18.0 Å². The molecule has 6 nitrogen and oxygen atoms in total. The average Bonchev–Trinajstić information content (AvgIpc) is 3.21. The Balaban J connectivity index is 1.42. The molecule has 0 radical (unpaired) electrons. The summed E-state index contributed by atoms with van der Waals surface area (Å²) in [7, 11) is 0. The maximum absolute atomic E-state index is 6.26. The Bertz CT molecular complexity index is 628. The van der Waals surface area contributed by atoms with Gasteiger partial charge in [-0.2, -0.15) is 0 Å². The van der Waals surface area contributed by atoms with E-state index in [0.717, 1.165) is 44.1 Å². The van der Waals surface area contributed by atoms with Crippen LogP contribution in [0.3, 0.4) is 0 Å². The Hall–Kier alpha value is -1.31. The zero-order valence-corrected chi connectivity index (χ0v) is 13.6. The zero-order valence-electron chi connectivity index (χ0n) is 12.8. The monoisotopic (exact) mass is 319 g/mol. The molecule has 2 fully saturated rings. The molecule has 0 N–H and O–H groups in total. The summed E-state index contributed by atoms with van der Waals surface area (Å²) >= 11 is 1.73. The first kappa shape index (κ1) is 14.3. The lowest BCUT2D eigenvalue weighted by atomic mass is 9.88. The number of nitrogens with zero attached hydrogens (tertiary/aromatic N) is 5. The van der Waals surface area contributed by atoms with Crippen LogP contribution in [0.5, 0.6) is 0 Å². The minimum absolute atomic E-state index is 0.00173. The van der Waals surface area contributed by atoms with Crippen molar-refractivity contribution in [3.8, 4) is 0 Å². The van der Waals surface area contributed by atoms with Gasteiger partial charge in [0.15, 0.2) is 0 Å². The molecule has 2 aromatic rings. The lowest BCUT2D eigenvalue weighted by Gasteiger charge is -2.39. The van der Waals surface area contributed by atoms with Crippen molar-refractivity contribution in [2.75, 3.05) is 19.7 Å². The van der Waals surface area contributed by atoms with Gasteiger partial charge in [0.25, 0.3) is 0 Å². The first-order valence-corrected chi connectivity index (χ1v) is 8.72. The quantitative estimate of drug-likeness (QED) is 0.866. The smallest absolute Gasteiger partial charge is 0.119 e. The van der Waals surface area contributed by atoms with Crippen LogP contribution in [0.25, 0.3) is 0 Å². The van der Waals surface area contributed by atoms with Gasteiger partial charge in [-0.05, 0) is 26.3 Å². The van der Waals surface area contributed by atoms with Gasteiger partial charge < -0.3 is 9.30 Å². The van der Waals surface area contributed by atoms with Gasteiger partial charge in [0.1, 0.15) is 12.7 Å². The number of hydrogen-bond acceptors (Lipinski definition) is 6. The van der Waals surface area contributed by atoms with Crippen LogP contribution in [0, 0.1) is 6.92 Å². The molecular weight excluding hydrogens is 298 g/mol. The van der Waals surface area contributed by atoms with Gasteiger partial charge in [0.2, 0.25) is 0 Å². The van der Waals surface area contributed by atoms with E-state index in [4.69, 9.17) is 4.74 Å². The van der Waals surface area contributed by atoms with E-state index in [2.05, 4.69) is 37.0 Å². The van der Waals surface area contributed by atoms with Crippen molar-refractivity contribution in [3.63, 3.8) is 0 Å². The lowest BCUT2D eigenvalue weighted by Crippen LogP contribution is -2.47. The van der Waals surface area contributed by atoms with Crippen molar-refractivity contribution in [1.29, 1.82) is 0 Å². The molecule has 2 atom stereocenters. The average molecular weight is 319 g/mol. The van der Waals surface area contributed by atoms with Gasteiger partial charge in [0, 0.05) is 24.9 Å². The van der Waals surface area contributed by atoms with Crippen LogP contribution in [-0.4, -0.2) is 49.9 Å². The fourth-order valence-corrected chi connectivity index (χ4v) is 4.33. The van der Waals surface area contributed by atoms with Crippen LogP contribution in [0.1, 0.15) is 36.0 Å². The standard InChI is InChI=1S/C15H21N5OS/c1-12-18-13(8-22-12)6-19-4-2-3-15(9-19)5-14(7-21-15)20-10-16-17-11-20/h8,10-11,14H,2-7,9H2,1H3. The zero-order chi connectivity index (χ0) is 15.0. The molecule has 22 heavy (non-hydrogen) atoms. The summed E-state index contributed by atoms with van der Waals surface area (Å²) in [6.07, 6.45) is 6.99. The van der Waals surface area contributed by atoms with E-state index in [1.54, 1.807) is 24.0 Å². The third-order valence-corrected chi connectivity index (χ3v) is 5.54. The van der Waals surface area contributed by atoms with Crippen molar-refractivity contribution in [1.82, 2.24) is 24.6 Å². The number of ether oxygens (including phenoxy) is 1. The van der Waals surface area contributed by atoms with Crippen molar-refractivity contribution in [2.45, 2.75) is 44.4 Å². The molecule has 2 aliphatic heterocycles. The second kappa shape index (κ2) is 5.72. The summed E-state index contributed by atoms with van der Waals surface area (Å²) in [5.41, 5.74) is 1.19. The van der Waals surface area contributed by atoms with Crippen LogP contribution < -0.4 is 0 Å². The van der Waals surface area contributed by atoms with Crippen LogP contribution in [-0.2, 0) is 11.3 Å². The molecule has 0 aliphatic carbocycles. The molecule has 2 unspecified atom stereocenters. The second-order valence-corrected chi connectivity index (χ2v) is 7.50. The summed E-state index contributed by atoms with van der Waals surface area (Å²) in [4.78, 5) is 7.08. The Labute approximate surface area is 134 Å². The number of rotatable bonds is 3. The van der Waals surface area contributed by atoms with Gasteiger partial charge in [-0.3, -0.25) is 4.90 Å². The maximum atomic E-state index is 6.26. The molecule has 0 amide bonds. The molecule has 0 saturated carbocycles. The minimum atomic E-state index is -0.00173. The highest BCUT2D eigenvalue weighted by Gasteiger charge is 2.44. The minimum Gasteiger partial charge on any atom is -0.371 e. The molecule has 4 heterocycles. The number of aromatic nitrogens is 4. The Morgan fingerprint density at radius 2 is 2.27 bits per heavy atom. The largest absolute Gasteiger partial charge is 0.371 e. The summed E-state index contributed by atoms with van der Waals surface area (Å²) < 4.78 is 8.34. The van der Waals surface area contributed by atoms with Gasteiger partial charge in [-0.25, -0.2) is 4.98 Å². The predicted octanol–water partition coefficient (Wildman–Crippen LogP) is 2.04. The van der Waals surface area contributed by atoms with Crippen molar-refractivity contribution >= 4 is 11.3 Å².